The molecule has 2 atom stereocenters. The Morgan fingerprint density at radius 3 is 2.81 bits per heavy atom. The van der Waals surface area contributed by atoms with Crippen LogP contribution < -0.4 is 0 Å². The topological polar surface area (TPSA) is 32.7 Å². The van der Waals surface area contributed by atoms with Gasteiger partial charge in [-0.3, -0.25) is 4.90 Å². The van der Waals surface area contributed by atoms with E-state index < -0.39 is 5.60 Å². The standard InChI is InChI=1S/C13H25NO2/c1-13(2,15)7-8-14-9-10-16-12-6-4-3-5-11(12)14/h11-12,15H,3-10H2,1-2H3. The van der Waals surface area contributed by atoms with Gasteiger partial charge in [0.2, 0.25) is 0 Å². The highest BCUT2D eigenvalue weighted by atomic mass is 16.5. The van der Waals surface area contributed by atoms with Crippen LogP contribution in [-0.2, 0) is 4.74 Å². The van der Waals surface area contributed by atoms with Crippen LogP contribution in [0, 0.1) is 0 Å². The fraction of sp³-hybridized carbons (Fsp3) is 1.00. The summed E-state index contributed by atoms with van der Waals surface area (Å²) in [6.45, 7) is 6.70. The van der Waals surface area contributed by atoms with Crippen molar-refractivity contribution in [3.8, 4) is 0 Å². The van der Waals surface area contributed by atoms with Crippen LogP contribution in [0.4, 0.5) is 0 Å². The maximum Gasteiger partial charge on any atom is 0.0730 e. The number of rotatable bonds is 3. The van der Waals surface area contributed by atoms with E-state index in [1.54, 1.807) is 0 Å². The quantitative estimate of drug-likeness (QED) is 0.798. The van der Waals surface area contributed by atoms with Gasteiger partial charge >= 0.3 is 0 Å². The van der Waals surface area contributed by atoms with Crippen molar-refractivity contribution in [2.75, 3.05) is 19.7 Å². The van der Waals surface area contributed by atoms with E-state index in [1.807, 2.05) is 13.8 Å². The molecule has 2 aliphatic rings. The predicted octanol–water partition coefficient (Wildman–Crippen LogP) is 1.79. The summed E-state index contributed by atoms with van der Waals surface area (Å²) in [5, 5.41) is 9.79. The molecule has 1 aliphatic carbocycles. The maximum atomic E-state index is 9.79. The van der Waals surface area contributed by atoms with Gasteiger partial charge in [-0.15, -0.1) is 0 Å². The zero-order valence-corrected chi connectivity index (χ0v) is 10.6. The smallest absolute Gasteiger partial charge is 0.0730 e. The fourth-order valence-electron chi connectivity index (χ4n) is 2.87. The summed E-state index contributed by atoms with van der Waals surface area (Å²) in [5.41, 5.74) is -0.539. The van der Waals surface area contributed by atoms with E-state index in [2.05, 4.69) is 4.90 Å². The molecule has 1 aliphatic heterocycles. The number of aliphatic hydroxyl groups is 1. The number of ether oxygens (including phenoxy) is 1. The van der Waals surface area contributed by atoms with Crippen molar-refractivity contribution in [1.29, 1.82) is 0 Å². The van der Waals surface area contributed by atoms with Crippen molar-refractivity contribution < 1.29 is 9.84 Å². The molecule has 0 aromatic rings. The molecule has 3 heteroatoms. The van der Waals surface area contributed by atoms with Crippen LogP contribution in [0.25, 0.3) is 0 Å². The SMILES string of the molecule is CC(C)(O)CCN1CCOC2CCCCC21. The van der Waals surface area contributed by atoms with Crippen molar-refractivity contribution in [3.63, 3.8) is 0 Å². The molecule has 2 fully saturated rings. The zero-order valence-electron chi connectivity index (χ0n) is 10.6. The first kappa shape index (κ1) is 12.3. The van der Waals surface area contributed by atoms with Crippen LogP contribution in [0.2, 0.25) is 0 Å². The number of hydrogen-bond donors (Lipinski definition) is 1. The Balaban J connectivity index is 1.87. The summed E-state index contributed by atoms with van der Waals surface area (Å²) in [5.74, 6) is 0. The van der Waals surface area contributed by atoms with Crippen LogP contribution in [0.3, 0.4) is 0 Å². The second-order valence-electron chi connectivity index (χ2n) is 5.86. The van der Waals surface area contributed by atoms with Crippen molar-refractivity contribution in [3.05, 3.63) is 0 Å². The summed E-state index contributed by atoms with van der Waals surface area (Å²) >= 11 is 0. The van der Waals surface area contributed by atoms with E-state index in [1.165, 1.54) is 25.7 Å². The summed E-state index contributed by atoms with van der Waals surface area (Å²) in [7, 11) is 0. The van der Waals surface area contributed by atoms with Gasteiger partial charge in [-0.05, 0) is 33.1 Å². The minimum atomic E-state index is -0.539. The van der Waals surface area contributed by atoms with Gasteiger partial charge in [-0.2, -0.15) is 0 Å². The average molecular weight is 227 g/mol. The summed E-state index contributed by atoms with van der Waals surface area (Å²) in [6, 6.07) is 0.616. The van der Waals surface area contributed by atoms with Crippen LogP contribution in [0.15, 0.2) is 0 Å². The van der Waals surface area contributed by atoms with Crippen LogP contribution in [-0.4, -0.2) is 47.4 Å². The molecule has 0 aromatic heterocycles. The third-order valence-electron chi connectivity index (χ3n) is 3.86. The number of morpholine rings is 1. The lowest BCUT2D eigenvalue weighted by Crippen LogP contribution is -2.53. The Kier molecular flexibility index (Phi) is 3.88. The zero-order chi connectivity index (χ0) is 11.6. The molecule has 16 heavy (non-hydrogen) atoms. The monoisotopic (exact) mass is 227 g/mol. The van der Waals surface area contributed by atoms with Gasteiger partial charge in [0.05, 0.1) is 18.3 Å². The molecule has 0 spiro atoms. The molecule has 0 bridgehead atoms. The third kappa shape index (κ3) is 3.19. The molecule has 1 saturated carbocycles. The van der Waals surface area contributed by atoms with E-state index in [-0.39, 0.29) is 0 Å². The van der Waals surface area contributed by atoms with Gasteiger partial charge in [0.15, 0.2) is 0 Å². The van der Waals surface area contributed by atoms with Gasteiger partial charge < -0.3 is 9.84 Å². The lowest BCUT2D eigenvalue weighted by atomic mass is 9.89. The van der Waals surface area contributed by atoms with E-state index in [0.29, 0.717) is 12.1 Å². The Labute approximate surface area is 98.8 Å². The van der Waals surface area contributed by atoms with Crippen LogP contribution in [0.5, 0.6) is 0 Å². The number of fused-ring (bicyclic) bond motifs is 1. The largest absolute Gasteiger partial charge is 0.390 e. The van der Waals surface area contributed by atoms with Gasteiger partial charge in [0.1, 0.15) is 0 Å². The summed E-state index contributed by atoms with van der Waals surface area (Å²) in [4.78, 5) is 2.53. The first-order chi connectivity index (χ1) is 7.56. The Morgan fingerprint density at radius 2 is 2.06 bits per heavy atom. The van der Waals surface area contributed by atoms with Gasteiger partial charge in [-0.25, -0.2) is 0 Å². The average Bonchev–Trinajstić information content (AvgIpc) is 2.25. The van der Waals surface area contributed by atoms with E-state index in [9.17, 15) is 5.11 Å². The summed E-state index contributed by atoms with van der Waals surface area (Å²) < 4.78 is 5.84. The third-order valence-corrected chi connectivity index (χ3v) is 3.86. The van der Waals surface area contributed by atoms with Gasteiger partial charge in [-0.1, -0.05) is 12.8 Å². The van der Waals surface area contributed by atoms with Crippen molar-refractivity contribution in [1.82, 2.24) is 4.90 Å². The lowest BCUT2D eigenvalue weighted by molar-refractivity contribution is -0.0929. The summed E-state index contributed by atoms with van der Waals surface area (Å²) in [6.07, 6.45) is 6.48. The van der Waals surface area contributed by atoms with E-state index in [4.69, 9.17) is 4.74 Å². The van der Waals surface area contributed by atoms with E-state index >= 15 is 0 Å². The molecule has 1 saturated heterocycles. The molecule has 3 nitrogen and oxygen atoms in total. The molecular weight excluding hydrogens is 202 g/mol. The lowest BCUT2D eigenvalue weighted by Gasteiger charge is -2.44. The molecule has 0 amide bonds. The molecule has 0 aromatic carbocycles. The van der Waals surface area contributed by atoms with Gasteiger partial charge in [0.25, 0.3) is 0 Å². The first-order valence-electron chi connectivity index (χ1n) is 6.64. The van der Waals surface area contributed by atoms with Crippen LogP contribution >= 0.6 is 0 Å². The highest BCUT2D eigenvalue weighted by molar-refractivity contribution is 4.88. The van der Waals surface area contributed by atoms with Crippen LogP contribution in [0.1, 0.15) is 46.0 Å². The first-order valence-corrected chi connectivity index (χ1v) is 6.64. The molecule has 0 radical (unpaired) electrons. The number of nitrogens with zero attached hydrogens (tertiary/aromatic N) is 1. The number of hydrogen-bond acceptors (Lipinski definition) is 3. The maximum absolute atomic E-state index is 9.79. The Bertz CT molecular complexity index is 222. The highest BCUT2D eigenvalue weighted by Gasteiger charge is 2.34. The normalized spacial score (nSPS) is 32.4. The molecular formula is C13H25NO2. The Morgan fingerprint density at radius 1 is 1.31 bits per heavy atom. The van der Waals surface area contributed by atoms with Crippen molar-refractivity contribution in [2.24, 2.45) is 0 Å². The molecule has 2 unspecified atom stereocenters. The van der Waals surface area contributed by atoms with Gasteiger partial charge in [0, 0.05) is 19.1 Å². The molecule has 1 heterocycles. The second kappa shape index (κ2) is 5.03. The van der Waals surface area contributed by atoms with E-state index in [0.717, 1.165) is 26.1 Å². The molecule has 1 N–H and O–H groups in total. The predicted molar refractivity (Wildman–Crippen MR) is 64.5 cm³/mol. The minimum Gasteiger partial charge on any atom is -0.390 e. The fourth-order valence-corrected chi connectivity index (χ4v) is 2.87. The van der Waals surface area contributed by atoms with Crippen molar-refractivity contribution in [2.45, 2.75) is 63.7 Å². The molecule has 2 rings (SSSR count). The molecule has 94 valence electrons. The Hall–Kier alpha value is -0.120. The highest BCUT2D eigenvalue weighted by Crippen LogP contribution is 2.28. The van der Waals surface area contributed by atoms with Crippen molar-refractivity contribution >= 4 is 0 Å². The second-order valence-corrected chi connectivity index (χ2v) is 5.86. The minimum absolute atomic E-state index is 0.462.